The molecule has 1 heterocycles. The molecule has 1 aromatic rings. The molecular formula is C27H44O3. The van der Waals surface area contributed by atoms with Gasteiger partial charge in [-0.2, -0.15) is 0 Å². The van der Waals surface area contributed by atoms with Gasteiger partial charge in [-0.15, -0.1) is 0 Å². The summed E-state index contributed by atoms with van der Waals surface area (Å²) >= 11 is 0. The third-order valence-electron chi connectivity index (χ3n) is 5.88. The van der Waals surface area contributed by atoms with Gasteiger partial charge < -0.3 is 14.2 Å². The number of methoxy groups -OCH3 is 1. The van der Waals surface area contributed by atoms with Gasteiger partial charge in [-0.05, 0) is 56.6 Å². The van der Waals surface area contributed by atoms with Gasteiger partial charge in [-0.25, -0.2) is 0 Å². The maximum absolute atomic E-state index is 6.22. The molecule has 0 aromatic heterocycles. The number of para-hydroxylation sites is 1. The predicted molar refractivity (Wildman–Crippen MR) is 127 cm³/mol. The predicted octanol–water partition coefficient (Wildman–Crippen LogP) is 8.01. The van der Waals surface area contributed by atoms with E-state index in [-0.39, 0.29) is 6.29 Å². The van der Waals surface area contributed by atoms with Crippen LogP contribution in [0.2, 0.25) is 0 Å². The van der Waals surface area contributed by atoms with Crippen molar-refractivity contribution in [2.45, 2.75) is 110 Å². The van der Waals surface area contributed by atoms with Crippen molar-refractivity contribution in [3.8, 4) is 11.5 Å². The van der Waals surface area contributed by atoms with Gasteiger partial charge in [0.15, 0.2) is 17.8 Å². The Morgan fingerprint density at radius 3 is 2.37 bits per heavy atom. The Labute approximate surface area is 185 Å². The monoisotopic (exact) mass is 416 g/mol. The van der Waals surface area contributed by atoms with Crippen molar-refractivity contribution >= 4 is 0 Å². The molecule has 0 spiro atoms. The van der Waals surface area contributed by atoms with Gasteiger partial charge in [0.1, 0.15) is 0 Å². The van der Waals surface area contributed by atoms with Gasteiger partial charge in [0.25, 0.3) is 0 Å². The molecule has 0 radical (unpaired) electrons. The molecule has 1 fully saturated rings. The van der Waals surface area contributed by atoms with Crippen LogP contribution in [0.3, 0.4) is 0 Å². The van der Waals surface area contributed by atoms with Crippen LogP contribution in [-0.2, 0) is 11.2 Å². The van der Waals surface area contributed by atoms with Gasteiger partial charge in [0.05, 0.1) is 13.7 Å². The number of allylic oxidation sites excluding steroid dienone is 2. The lowest BCUT2D eigenvalue weighted by Crippen LogP contribution is -2.25. The molecule has 1 saturated heterocycles. The number of hydrogen-bond acceptors (Lipinski definition) is 3. The topological polar surface area (TPSA) is 27.7 Å². The Hall–Kier alpha value is -1.48. The van der Waals surface area contributed by atoms with Crippen molar-refractivity contribution in [3.63, 3.8) is 0 Å². The Bertz CT molecular complexity index is 575. The SMILES string of the molecule is CCCC/C=C\CCCCCCCCCc1cccc(OC)c1OC1CCCCO1. The summed E-state index contributed by atoms with van der Waals surface area (Å²) in [5.41, 5.74) is 1.25. The van der Waals surface area contributed by atoms with E-state index in [1.807, 2.05) is 6.07 Å². The highest BCUT2D eigenvalue weighted by Gasteiger charge is 2.19. The van der Waals surface area contributed by atoms with E-state index in [4.69, 9.17) is 14.2 Å². The second-order valence-electron chi connectivity index (χ2n) is 8.49. The fourth-order valence-corrected chi connectivity index (χ4v) is 4.01. The first-order valence-electron chi connectivity index (χ1n) is 12.4. The van der Waals surface area contributed by atoms with Crippen molar-refractivity contribution in [2.24, 2.45) is 0 Å². The molecule has 1 atom stereocenters. The Morgan fingerprint density at radius 1 is 0.933 bits per heavy atom. The van der Waals surface area contributed by atoms with Crippen LogP contribution in [0.5, 0.6) is 11.5 Å². The summed E-state index contributed by atoms with van der Waals surface area (Å²) in [4.78, 5) is 0. The lowest BCUT2D eigenvalue weighted by Gasteiger charge is -2.25. The highest BCUT2D eigenvalue weighted by atomic mass is 16.7. The van der Waals surface area contributed by atoms with E-state index in [1.165, 1.54) is 82.6 Å². The molecule has 1 aliphatic heterocycles. The highest BCUT2D eigenvalue weighted by Crippen LogP contribution is 2.34. The molecule has 170 valence electrons. The zero-order chi connectivity index (χ0) is 21.3. The zero-order valence-electron chi connectivity index (χ0n) is 19.5. The number of aryl methyl sites for hydroxylation is 1. The molecule has 0 bridgehead atoms. The summed E-state index contributed by atoms with van der Waals surface area (Å²) < 4.78 is 17.6. The molecule has 30 heavy (non-hydrogen) atoms. The Morgan fingerprint density at radius 2 is 1.67 bits per heavy atom. The summed E-state index contributed by atoms with van der Waals surface area (Å²) in [7, 11) is 1.72. The second kappa shape index (κ2) is 16.2. The molecule has 0 N–H and O–H groups in total. The van der Waals surface area contributed by atoms with Gasteiger partial charge in [-0.3, -0.25) is 0 Å². The van der Waals surface area contributed by atoms with E-state index in [0.29, 0.717) is 0 Å². The average Bonchev–Trinajstić information content (AvgIpc) is 2.78. The molecule has 3 heteroatoms. The van der Waals surface area contributed by atoms with Crippen molar-refractivity contribution in [2.75, 3.05) is 13.7 Å². The van der Waals surface area contributed by atoms with E-state index < -0.39 is 0 Å². The van der Waals surface area contributed by atoms with Crippen LogP contribution in [-0.4, -0.2) is 20.0 Å². The summed E-state index contributed by atoms with van der Waals surface area (Å²) in [6.07, 6.45) is 23.3. The first-order chi connectivity index (χ1) is 14.8. The highest BCUT2D eigenvalue weighted by molar-refractivity contribution is 5.46. The molecule has 0 amide bonds. The summed E-state index contributed by atoms with van der Waals surface area (Å²) in [6, 6.07) is 6.23. The van der Waals surface area contributed by atoms with Crippen LogP contribution in [0.4, 0.5) is 0 Å². The van der Waals surface area contributed by atoms with Crippen LogP contribution in [0.25, 0.3) is 0 Å². The average molecular weight is 417 g/mol. The number of ether oxygens (including phenoxy) is 3. The van der Waals surface area contributed by atoms with Gasteiger partial charge in [0, 0.05) is 6.42 Å². The van der Waals surface area contributed by atoms with Crippen molar-refractivity contribution < 1.29 is 14.2 Å². The lowest BCUT2D eigenvalue weighted by molar-refractivity contribution is -0.107. The summed E-state index contributed by atoms with van der Waals surface area (Å²) in [5.74, 6) is 1.71. The normalized spacial score (nSPS) is 16.8. The van der Waals surface area contributed by atoms with Crippen LogP contribution >= 0.6 is 0 Å². The van der Waals surface area contributed by atoms with E-state index >= 15 is 0 Å². The number of unbranched alkanes of at least 4 members (excludes halogenated alkanes) is 9. The molecule has 3 nitrogen and oxygen atoms in total. The summed E-state index contributed by atoms with van der Waals surface area (Å²) in [6.45, 7) is 3.05. The Balaban J connectivity index is 1.61. The number of benzene rings is 1. The van der Waals surface area contributed by atoms with E-state index in [2.05, 4.69) is 31.2 Å². The van der Waals surface area contributed by atoms with Crippen molar-refractivity contribution in [1.29, 1.82) is 0 Å². The molecule has 0 saturated carbocycles. The maximum Gasteiger partial charge on any atom is 0.200 e. The Kier molecular flexibility index (Phi) is 13.4. The van der Waals surface area contributed by atoms with E-state index in [1.54, 1.807) is 7.11 Å². The first-order valence-corrected chi connectivity index (χ1v) is 12.4. The van der Waals surface area contributed by atoms with Crippen LogP contribution < -0.4 is 9.47 Å². The minimum atomic E-state index is -0.129. The van der Waals surface area contributed by atoms with E-state index in [0.717, 1.165) is 37.4 Å². The second-order valence-corrected chi connectivity index (χ2v) is 8.49. The quantitative estimate of drug-likeness (QED) is 0.202. The zero-order valence-corrected chi connectivity index (χ0v) is 19.5. The molecular weight excluding hydrogens is 372 g/mol. The molecule has 1 unspecified atom stereocenters. The number of hydrogen-bond donors (Lipinski definition) is 0. The first kappa shape index (κ1) is 24.8. The molecule has 0 aliphatic carbocycles. The van der Waals surface area contributed by atoms with Crippen molar-refractivity contribution in [1.82, 2.24) is 0 Å². The van der Waals surface area contributed by atoms with Crippen LogP contribution in [0, 0.1) is 0 Å². The van der Waals surface area contributed by atoms with Gasteiger partial charge in [-0.1, -0.05) is 76.2 Å². The molecule has 2 rings (SSSR count). The lowest BCUT2D eigenvalue weighted by atomic mass is 10.0. The maximum atomic E-state index is 6.22. The fraction of sp³-hybridized carbons (Fsp3) is 0.704. The van der Waals surface area contributed by atoms with E-state index in [9.17, 15) is 0 Å². The fourth-order valence-electron chi connectivity index (χ4n) is 4.01. The van der Waals surface area contributed by atoms with Gasteiger partial charge in [0.2, 0.25) is 0 Å². The minimum absolute atomic E-state index is 0.129. The minimum Gasteiger partial charge on any atom is -0.493 e. The smallest absolute Gasteiger partial charge is 0.200 e. The standard InChI is InChI=1S/C27H44O3/c1-3-4-5-6-7-8-9-10-11-12-13-14-15-19-24-20-18-21-25(28-2)27(24)30-26-22-16-17-23-29-26/h6-7,18,20-21,26H,3-5,8-17,19,22-23H2,1-2H3/b7-6-. The van der Waals surface area contributed by atoms with Crippen LogP contribution in [0.1, 0.15) is 102 Å². The van der Waals surface area contributed by atoms with Gasteiger partial charge >= 0.3 is 0 Å². The molecule has 1 aliphatic rings. The largest absolute Gasteiger partial charge is 0.493 e. The van der Waals surface area contributed by atoms with Crippen LogP contribution in [0.15, 0.2) is 30.4 Å². The number of rotatable bonds is 16. The molecule has 1 aromatic carbocycles. The van der Waals surface area contributed by atoms with Crippen molar-refractivity contribution in [3.05, 3.63) is 35.9 Å². The summed E-state index contributed by atoms with van der Waals surface area (Å²) in [5, 5.41) is 0. The third-order valence-corrected chi connectivity index (χ3v) is 5.88. The third kappa shape index (κ3) is 10.0.